The smallest absolute Gasteiger partial charge is 0.101 e. The van der Waals surface area contributed by atoms with Crippen LogP contribution < -0.4 is 4.90 Å². The molecule has 0 fully saturated rings. The van der Waals surface area contributed by atoms with Crippen LogP contribution >= 0.6 is 0 Å². The van der Waals surface area contributed by atoms with Gasteiger partial charge < -0.3 is 9.47 Å². The van der Waals surface area contributed by atoms with Crippen LogP contribution in [0.5, 0.6) is 0 Å². The first-order valence-electron chi connectivity index (χ1n) is 16.1. The van der Waals surface area contributed by atoms with Gasteiger partial charge in [-0.3, -0.25) is 4.98 Å². The molecule has 9 rings (SSSR count). The number of para-hydroxylation sites is 4. The van der Waals surface area contributed by atoms with Crippen LogP contribution in [0, 0.1) is 17.2 Å². The Hall–Kier alpha value is -6.18. The van der Waals surface area contributed by atoms with Gasteiger partial charge in [0, 0.05) is 69.6 Å². The summed E-state index contributed by atoms with van der Waals surface area (Å²) in [5, 5.41) is 12.9. The molecule has 222 valence electrons. The van der Waals surface area contributed by atoms with Crippen molar-refractivity contribution in [1.82, 2.24) is 9.55 Å². The maximum atomic E-state index is 10.4. The Morgan fingerprint density at radius 1 is 0.660 bits per heavy atom. The molecule has 47 heavy (non-hydrogen) atoms. The maximum absolute atomic E-state index is 10.4. The lowest BCUT2D eigenvalue weighted by molar-refractivity contribution is 0.557. The van der Waals surface area contributed by atoms with Gasteiger partial charge in [-0.25, -0.2) is 0 Å². The quantitative estimate of drug-likeness (QED) is 0.201. The molecule has 5 aromatic carbocycles. The van der Waals surface area contributed by atoms with E-state index in [1.165, 1.54) is 27.4 Å². The van der Waals surface area contributed by atoms with E-state index >= 15 is 0 Å². The van der Waals surface area contributed by atoms with Crippen molar-refractivity contribution >= 4 is 33.2 Å². The molecule has 0 saturated heterocycles. The van der Waals surface area contributed by atoms with Crippen LogP contribution in [0.2, 0.25) is 0 Å². The molecule has 7 aromatic rings. The van der Waals surface area contributed by atoms with E-state index in [9.17, 15) is 5.26 Å². The van der Waals surface area contributed by atoms with Gasteiger partial charge >= 0.3 is 0 Å². The molecule has 1 aliphatic carbocycles. The van der Waals surface area contributed by atoms with Crippen molar-refractivity contribution in [3.8, 4) is 34.0 Å². The predicted molar refractivity (Wildman–Crippen MR) is 192 cm³/mol. The summed E-state index contributed by atoms with van der Waals surface area (Å²) < 4.78 is 2.33. The lowest BCUT2D eigenvalue weighted by atomic mass is 9.78. The highest BCUT2D eigenvalue weighted by Crippen LogP contribution is 2.48. The van der Waals surface area contributed by atoms with Crippen LogP contribution in [0.3, 0.4) is 0 Å². The summed E-state index contributed by atoms with van der Waals surface area (Å²) in [5.41, 5.74) is 11.7. The van der Waals surface area contributed by atoms with Crippen molar-refractivity contribution < 1.29 is 0 Å². The Labute approximate surface area is 273 Å². The summed E-state index contributed by atoms with van der Waals surface area (Å²) in [6.07, 6.45) is 12.7. The second-order valence-electron chi connectivity index (χ2n) is 12.3. The zero-order valence-corrected chi connectivity index (χ0v) is 25.7. The molecule has 0 radical (unpaired) electrons. The highest BCUT2D eigenvalue weighted by Gasteiger charge is 2.34. The fraction of sp³-hybridized carbons (Fsp3) is 0.0698. The standard InChI is InChI=1S/C43H30N4/c44-25-30-11-9-16-36(43(30)46-28-31-10-1-2-12-35(31)37-13-3-6-17-40(37)46)33-24-32(26-45-27-33)29-20-22-34(23-21-29)47-41-18-7-4-14-38(41)39-15-5-8-19-42(39)47/h1-24,26-27,31,35H,28H2. The molecule has 4 heteroatoms. The highest BCUT2D eigenvalue weighted by molar-refractivity contribution is 6.09. The van der Waals surface area contributed by atoms with Gasteiger partial charge in [0.25, 0.3) is 0 Å². The van der Waals surface area contributed by atoms with Crippen molar-refractivity contribution in [3.63, 3.8) is 0 Å². The Balaban J connectivity index is 1.13. The number of aromatic nitrogens is 2. The van der Waals surface area contributed by atoms with Crippen molar-refractivity contribution in [2.75, 3.05) is 11.4 Å². The molecule has 1 aliphatic heterocycles. The first-order chi connectivity index (χ1) is 23.3. The van der Waals surface area contributed by atoms with E-state index in [0.717, 1.165) is 45.9 Å². The molecule has 0 N–H and O–H groups in total. The summed E-state index contributed by atoms with van der Waals surface area (Å²) >= 11 is 0. The normalized spacial score (nSPS) is 16.6. The van der Waals surface area contributed by atoms with Gasteiger partial charge in [0.1, 0.15) is 6.07 Å². The zero-order valence-electron chi connectivity index (χ0n) is 25.7. The minimum absolute atomic E-state index is 0.326. The summed E-state index contributed by atoms with van der Waals surface area (Å²) in [6.45, 7) is 0.797. The van der Waals surface area contributed by atoms with Crippen LogP contribution in [0.1, 0.15) is 17.0 Å². The second-order valence-corrected chi connectivity index (χ2v) is 12.3. The summed E-state index contributed by atoms with van der Waals surface area (Å²) in [6, 6.07) is 45.2. The molecule has 2 aromatic heterocycles. The summed E-state index contributed by atoms with van der Waals surface area (Å²) in [7, 11) is 0. The number of benzene rings is 5. The molecule has 2 aliphatic rings. The van der Waals surface area contributed by atoms with Crippen LogP contribution in [-0.4, -0.2) is 16.1 Å². The van der Waals surface area contributed by atoms with Gasteiger partial charge in [0.15, 0.2) is 0 Å². The van der Waals surface area contributed by atoms with Crippen LogP contribution in [0.25, 0.3) is 49.7 Å². The largest absolute Gasteiger partial charge is 0.339 e. The van der Waals surface area contributed by atoms with E-state index in [1.807, 2.05) is 24.5 Å². The number of allylic oxidation sites excluding steroid dienone is 3. The summed E-state index contributed by atoms with van der Waals surface area (Å²) in [5.74, 6) is 0.660. The van der Waals surface area contributed by atoms with Gasteiger partial charge in [-0.15, -0.1) is 0 Å². The number of hydrogen-bond donors (Lipinski definition) is 0. The Kier molecular flexibility index (Phi) is 6.36. The monoisotopic (exact) mass is 602 g/mol. The van der Waals surface area contributed by atoms with E-state index in [1.54, 1.807) is 0 Å². The lowest BCUT2D eigenvalue weighted by Gasteiger charge is -2.41. The average Bonchev–Trinajstić information content (AvgIpc) is 3.49. The second kappa shape index (κ2) is 11.0. The Bertz CT molecular complexity index is 2370. The molecule has 4 nitrogen and oxygen atoms in total. The van der Waals surface area contributed by atoms with Crippen LogP contribution in [-0.2, 0) is 0 Å². The van der Waals surface area contributed by atoms with Crippen LogP contribution in [0.15, 0.2) is 158 Å². The molecular weight excluding hydrogens is 573 g/mol. The molecule has 3 heterocycles. The van der Waals surface area contributed by atoms with Gasteiger partial charge in [-0.1, -0.05) is 103 Å². The van der Waals surface area contributed by atoms with Gasteiger partial charge in [-0.05, 0) is 53.6 Å². The molecule has 2 unspecified atom stereocenters. The van der Waals surface area contributed by atoms with E-state index < -0.39 is 0 Å². The Morgan fingerprint density at radius 2 is 1.36 bits per heavy atom. The Morgan fingerprint density at radius 3 is 2.15 bits per heavy atom. The third-order valence-electron chi connectivity index (χ3n) is 9.74. The van der Waals surface area contributed by atoms with Crippen molar-refractivity contribution in [1.29, 1.82) is 5.26 Å². The number of anilines is 2. The number of pyridine rings is 1. The van der Waals surface area contributed by atoms with Crippen molar-refractivity contribution in [3.05, 3.63) is 169 Å². The number of nitriles is 1. The predicted octanol–water partition coefficient (Wildman–Crippen LogP) is 10.4. The van der Waals surface area contributed by atoms with E-state index in [4.69, 9.17) is 4.98 Å². The third-order valence-corrected chi connectivity index (χ3v) is 9.74. The molecule has 0 spiro atoms. The first kappa shape index (κ1) is 27.2. The van der Waals surface area contributed by atoms with E-state index in [2.05, 4.69) is 149 Å². The molecule has 2 atom stereocenters. The first-order valence-corrected chi connectivity index (χ1v) is 16.1. The van der Waals surface area contributed by atoms with Gasteiger partial charge in [0.05, 0.1) is 22.3 Å². The lowest BCUT2D eigenvalue weighted by Crippen LogP contribution is -2.34. The highest BCUT2D eigenvalue weighted by atomic mass is 15.2. The van der Waals surface area contributed by atoms with E-state index in [-0.39, 0.29) is 0 Å². The number of hydrogen-bond acceptors (Lipinski definition) is 3. The fourth-order valence-corrected chi connectivity index (χ4v) is 7.60. The minimum atomic E-state index is 0.326. The minimum Gasteiger partial charge on any atom is -0.339 e. The molecular formula is C43H30N4. The molecule has 0 amide bonds. The van der Waals surface area contributed by atoms with Crippen molar-refractivity contribution in [2.24, 2.45) is 5.92 Å². The average molecular weight is 603 g/mol. The maximum Gasteiger partial charge on any atom is 0.101 e. The SMILES string of the molecule is N#Cc1cccc(-c2cncc(-c3ccc(-n4c5ccccc5c5ccccc54)cc3)c2)c1N1CC2C=CC=CC2c2ccccc21. The van der Waals surface area contributed by atoms with Crippen molar-refractivity contribution in [2.45, 2.75) is 5.92 Å². The number of fused-ring (bicyclic) bond motifs is 6. The molecule has 0 bridgehead atoms. The van der Waals surface area contributed by atoms with Gasteiger partial charge in [-0.2, -0.15) is 5.26 Å². The van der Waals surface area contributed by atoms with E-state index in [0.29, 0.717) is 17.4 Å². The number of nitrogens with zero attached hydrogens (tertiary/aromatic N) is 4. The van der Waals surface area contributed by atoms with Gasteiger partial charge in [0.2, 0.25) is 0 Å². The third kappa shape index (κ3) is 4.40. The number of rotatable bonds is 4. The van der Waals surface area contributed by atoms with Crippen LogP contribution in [0.4, 0.5) is 11.4 Å². The zero-order chi connectivity index (χ0) is 31.3. The summed E-state index contributed by atoms with van der Waals surface area (Å²) in [4.78, 5) is 7.06. The molecule has 0 saturated carbocycles. The fourth-order valence-electron chi connectivity index (χ4n) is 7.60. The topological polar surface area (TPSA) is 44.9 Å².